The van der Waals surface area contributed by atoms with E-state index >= 15 is 0 Å². The summed E-state index contributed by atoms with van der Waals surface area (Å²) < 4.78 is 0. The van der Waals surface area contributed by atoms with Gasteiger partial charge in [-0.05, 0) is 74.1 Å². The number of nitriles is 1. The number of aldehydes is 1. The van der Waals surface area contributed by atoms with Crippen molar-refractivity contribution in [1.29, 1.82) is 5.26 Å². The molecule has 1 saturated carbocycles. The number of hydrogen-bond donors (Lipinski definition) is 0. The Morgan fingerprint density at radius 2 is 1.85 bits per heavy atom. The zero-order chi connectivity index (χ0) is 14.2. The quantitative estimate of drug-likeness (QED) is 0.587. The Kier molecular flexibility index (Phi) is 5.55. The van der Waals surface area contributed by atoms with Gasteiger partial charge in [-0.25, -0.2) is 0 Å². The first kappa shape index (κ1) is 14.5. The molecule has 0 amide bonds. The van der Waals surface area contributed by atoms with E-state index in [-0.39, 0.29) is 0 Å². The van der Waals surface area contributed by atoms with Crippen LogP contribution in [0.1, 0.15) is 55.6 Å². The number of allylic oxidation sites excluding steroid dienone is 2. The minimum Gasteiger partial charge on any atom is -0.299 e. The molecule has 1 aromatic carbocycles. The van der Waals surface area contributed by atoms with E-state index in [4.69, 9.17) is 5.26 Å². The van der Waals surface area contributed by atoms with Crippen molar-refractivity contribution < 1.29 is 4.79 Å². The van der Waals surface area contributed by atoms with Crippen LogP contribution in [0, 0.1) is 17.2 Å². The van der Waals surface area contributed by atoms with Crippen molar-refractivity contribution in [2.45, 2.75) is 44.4 Å². The van der Waals surface area contributed by atoms with Gasteiger partial charge in [0.15, 0.2) is 0 Å². The molecule has 0 N–H and O–H groups in total. The molecule has 104 valence electrons. The van der Waals surface area contributed by atoms with Crippen molar-refractivity contribution in [1.82, 2.24) is 0 Å². The summed E-state index contributed by atoms with van der Waals surface area (Å²) in [5, 5.41) is 8.82. The monoisotopic (exact) mass is 267 g/mol. The van der Waals surface area contributed by atoms with E-state index in [0.717, 1.165) is 24.2 Å². The standard InChI is InChI=1S/C18H21NO/c19-14-16-7-11-18(12-8-16)17-9-5-15(6-10-17)4-2-1-3-13-20/h1,3,7-8,11-13,15,17H,2,4-6,9-10H2. The summed E-state index contributed by atoms with van der Waals surface area (Å²) in [6.07, 6.45) is 11.7. The van der Waals surface area contributed by atoms with Crippen molar-refractivity contribution >= 4 is 6.29 Å². The van der Waals surface area contributed by atoms with Crippen molar-refractivity contribution in [3.63, 3.8) is 0 Å². The number of benzene rings is 1. The van der Waals surface area contributed by atoms with Crippen LogP contribution in [-0.2, 0) is 4.79 Å². The SMILES string of the molecule is N#Cc1ccc(C2CCC(CCC=CC=O)CC2)cc1. The zero-order valence-corrected chi connectivity index (χ0v) is 11.8. The van der Waals surface area contributed by atoms with Crippen molar-refractivity contribution in [2.75, 3.05) is 0 Å². The first-order valence-electron chi connectivity index (χ1n) is 7.44. The van der Waals surface area contributed by atoms with Gasteiger partial charge in [0.2, 0.25) is 0 Å². The Labute approximate surface area is 121 Å². The number of carbonyl (C=O) groups is 1. The van der Waals surface area contributed by atoms with Crippen LogP contribution in [-0.4, -0.2) is 6.29 Å². The van der Waals surface area contributed by atoms with Crippen molar-refractivity contribution in [3.05, 3.63) is 47.5 Å². The number of carbonyl (C=O) groups excluding carboxylic acids is 1. The first-order chi connectivity index (χ1) is 9.83. The normalized spacial score (nSPS) is 22.6. The maximum absolute atomic E-state index is 10.2. The highest BCUT2D eigenvalue weighted by Crippen LogP contribution is 2.37. The molecule has 0 aromatic heterocycles. The summed E-state index contributed by atoms with van der Waals surface area (Å²) >= 11 is 0. The topological polar surface area (TPSA) is 40.9 Å². The highest BCUT2D eigenvalue weighted by atomic mass is 16.1. The lowest BCUT2D eigenvalue weighted by molar-refractivity contribution is -0.104. The van der Waals surface area contributed by atoms with Crippen LogP contribution in [0.5, 0.6) is 0 Å². The van der Waals surface area contributed by atoms with E-state index in [1.165, 1.54) is 37.7 Å². The zero-order valence-electron chi connectivity index (χ0n) is 11.8. The average Bonchev–Trinajstić information content (AvgIpc) is 2.52. The maximum atomic E-state index is 10.2. The summed E-state index contributed by atoms with van der Waals surface area (Å²) in [5.41, 5.74) is 2.12. The Bertz CT molecular complexity index is 487. The third-order valence-corrected chi connectivity index (χ3v) is 4.31. The minimum absolute atomic E-state index is 0.657. The molecule has 1 aliphatic rings. The van der Waals surface area contributed by atoms with Crippen LogP contribution in [0.4, 0.5) is 0 Å². The summed E-state index contributed by atoms with van der Waals surface area (Å²) in [6, 6.07) is 10.2. The second kappa shape index (κ2) is 7.65. The summed E-state index contributed by atoms with van der Waals surface area (Å²) in [7, 11) is 0. The van der Waals surface area contributed by atoms with Gasteiger partial charge in [-0.1, -0.05) is 18.2 Å². The molecule has 2 nitrogen and oxygen atoms in total. The van der Waals surface area contributed by atoms with Crippen LogP contribution in [0.25, 0.3) is 0 Å². The second-order valence-corrected chi connectivity index (χ2v) is 5.59. The molecule has 0 spiro atoms. The van der Waals surface area contributed by atoms with Gasteiger partial charge in [0.1, 0.15) is 6.29 Å². The summed E-state index contributed by atoms with van der Waals surface area (Å²) in [4.78, 5) is 10.2. The fourth-order valence-corrected chi connectivity index (χ4v) is 3.10. The molecule has 2 rings (SSSR count). The molecule has 0 radical (unpaired) electrons. The predicted octanol–water partition coefficient (Wildman–Crippen LogP) is 4.37. The fraction of sp³-hybridized carbons (Fsp3) is 0.444. The fourth-order valence-electron chi connectivity index (χ4n) is 3.10. The Morgan fingerprint density at radius 1 is 1.15 bits per heavy atom. The third kappa shape index (κ3) is 4.06. The molecule has 1 aromatic rings. The van der Waals surface area contributed by atoms with E-state index in [1.807, 2.05) is 18.2 Å². The smallest absolute Gasteiger partial charge is 0.142 e. The van der Waals surface area contributed by atoms with Gasteiger partial charge >= 0.3 is 0 Å². The lowest BCUT2D eigenvalue weighted by Crippen LogP contribution is -2.13. The summed E-state index contributed by atoms with van der Waals surface area (Å²) in [5.74, 6) is 1.46. The van der Waals surface area contributed by atoms with Crippen molar-refractivity contribution in [2.24, 2.45) is 5.92 Å². The van der Waals surface area contributed by atoms with Crippen LogP contribution in [0.2, 0.25) is 0 Å². The third-order valence-electron chi connectivity index (χ3n) is 4.31. The minimum atomic E-state index is 0.657. The number of nitrogens with zero attached hydrogens (tertiary/aromatic N) is 1. The molecule has 0 unspecified atom stereocenters. The average molecular weight is 267 g/mol. The van der Waals surface area contributed by atoms with Gasteiger partial charge < -0.3 is 0 Å². The van der Waals surface area contributed by atoms with E-state index in [2.05, 4.69) is 18.2 Å². The van der Waals surface area contributed by atoms with Gasteiger partial charge in [-0.15, -0.1) is 0 Å². The predicted molar refractivity (Wildman–Crippen MR) is 80.3 cm³/mol. The number of rotatable bonds is 5. The molecule has 0 saturated heterocycles. The summed E-state index contributed by atoms with van der Waals surface area (Å²) in [6.45, 7) is 0. The molecule has 1 fully saturated rings. The van der Waals surface area contributed by atoms with Gasteiger partial charge in [0.25, 0.3) is 0 Å². The van der Waals surface area contributed by atoms with Crippen LogP contribution in [0.3, 0.4) is 0 Å². The molecular weight excluding hydrogens is 246 g/mol. The lowest BCUT2D eigenvalue weighted by Gasteiger charge is -2.28. The molecule has 1 aliphatic carbocycles. The molecule has 0 aliphatic heterocycles. The first-order valence-corrected chi connectivity index (χ1v) is 7.44. The molecule has 0 bridgehead atoms. The van der Waals surface area contributed by atoms with E-state index in [0.29, 0.717) is 5.92 Å². The van der Waals surface area contributed by atoms with Gasteiger partial charge in [-0.2, -0.15) is 5.26 Å². The molecular formula is C18H21NO. The largest absolute Gasteiger partial charge is 0.299 e. The van der Waals surface area contributed by atoms with Crippen LogP contribution >= 0.6 is 0 Å². The molecule has 0 atom stereocenters. The second-order valence-electron chi connectivity index (χ2n) is 5.59. The van der Waals surface area contributed by atoms with Crippen LogP contribution in [0.15, 0.2) is 36.4 Å². The Balaban J connectivity index is 1.80. The van der Waals surface area contributed by atoms with E-state index < -0.39 is 0 Å². The molecule has 2 heteroatoms. The van der Waals surface area contributed by atoms with E-state index in [9.17, 15) is 4.79 Å². The molecule has 0 heterocycles. The van der Waals surface area contributed by atoms with Gasteiger partial charge in [-0.3, -0.25) is 4.79 Å². The lowest BCUT2D eigenvalue weighted by atomic mass is 9.77. The van der Waals surface area contributed by atoms with Gasteiger partial charge in [0.05, 0.1) is 11.6 Å². The number of hydrogen-bond acceptors (Lipinski definition) is 2. The van der Waals surface area contributed by atoms with Crippen molar-refractivity contribution in [3.8, 4) is 6.07 Å². The van der Waals surface area contributed by atoms with Gasteiger partial charge in [0, 0.05) is 0 Å². The Hall–Kier alpha value is -1.88. The molecule has 20 heavy (non-hydrogen) atoms. The Morgan fingerprint density at radius 3 is 2.45 bits per heavy atom. The van der Waals surface area contributed by atoms with Crippen LogP contribution < -0.4 is 0 Å². The highest BCUT2D eigenvalue weighted by molar-refractivity contribution is 5.64. The maximum Gasteiger partial charge on any atom is 0.142 e. The highest BCUT2D eigenvalue weighted by Gasteiger charge is 2.21. The van der Waals surface area contributed by atoms with E-state index in [1.54, 1.807) is 6.08 Å².